The van der Waals surface area contributed by atoms with Crippen LogP contribution < -0.4 is 5.73 Å². The number of anilines is 1. The predicted octanol–water partition coefficient (Wildman–Crippen LogP) is 1.87. The molecule has 0 aliphatic heterocycles. The molecule has 0 saturated heterocycles. The van der Waals surface area contributed by atoms with E-state index in [1.807, 2.05) is 18.2 Å². The summed E-state index contributed by atoms with van der Waals surface area (Å²) in [5.74, 6) is 3.28. The highest BCUT2D eigenvalue weighted by molar-refractivity contribution is 7.79. The third-order valence-corrected chi connectivity index (χ3v) is 1.93. The van der Waals surface area contributed by atoms with Gasteiger partial charge in [0.15, 0.2) is 0 Å². The van der Waals surface area contributed by atoms with Crippen LogP contribution >= 0.6 is 12.6 Å². The van der Waals surface area contributed by atoms with Crippen LogP contribution in [0.1, 0.15) is 11.1 Å². The lowest BCUT2D eigenvalue weighted by Crippen LogP contribution is -1.91. The summed E-state index contributed by atoms with van der Waals surface area (Å²) in [4.78, 5) is 0. The minimum Gasteiger partial charge on any atom is -0.399 e. The molecule has 0 aromatic heterocycles. The van der Waals surface area contributed by atoms with Gasteiger partial charge in [-0.25, -0.2) is 0 Å². The van der Waals surface area contributed by atoms with Gasteiger partial charge in [0.05, 0.1) is 0 Å². The molecule has 0 bridgehead atoms. The van der Waals surface area contributed by atoms with Crippen LogP contribution in [0, 0.1) is 12.3 Å². The fraction of sp³-hybridized carbons (Fsp3) is 0.200. The molecule has 62 valence electrons. The van der Waals surface area contributed by atoms with E-state index in [1.54, 1.807) is 0 Å². The highest BCUT2D eigenvalue weighted by Gasteiger charge is 1.95. The Hall–Kier alpha value is -1.07. The summed E-state index contributed by atoms with van der Waals surface area (Å²) >= 11 is 4.17. The second-order valence-electron chi connectivity index (χ2n) is 2.62. The third-order valence-electron chi connectivity index (χ3n) is 1.56. The molecule has 0 unspecified atom stereocenters. The van der Waals surface area contributed by atoms with Gasteiger partial charge in [0.2, 0.25) is 0 Å². The summed E-state index contributed by atoms with van der Waals surface area (Å²) in [5, 5.41) is 0. The van der Waals surface area contributed by atoms with E-state index in [0.717, 1.165) is 16.8 Å². The average molecular weight is 177 g/mol. The van der Waals surface area contributed by atoms with Crippen molar-refractivity contribution in [1.29, 1.82) is 0 Å². The number of thiol groups is 1. The van der Waals surface area contributed by atoms with Crippen molar-refractivity contribution in [3.63, 3.8) is 0 Å². The Morgan fingerprint density at radius 3 is 2.58 bits per heavy atom. The molecule has 0 fully saturated rings. The summed E-state index contributed by atoms with van der Waals surface area (Å²) in [7, 11) is 0. The van der Waals surface area contributed by atoms with Crippen molar-refractivity contribution >= 4 is 18.3 Å². The van der Waals surface area contributed by atoms with E-state index in [4.69, 9.17) is 12.2 Å². The van der Waals surface area contributed by atoms with Gasteiger partial charge in [-0.15, -0.1) is 12.3 Å². The van der Waals surface area contributed by atoms with Gasteiger partial charge in [-0.05, 0) is 23.3 Å². The van der Waals surface area contributed by atoms with Gasteiger partial charge in [0.25, 0.3) is 0 Å². The molecule has 0 heterocycles. The van der Waals surface area contributed by atoms with Crippen molar-refractivity contribution in [3.8, 4) is 12.3 Å². The number of hydrogen-bond acceptors (Lipinski definition) is 2. The second-order valence-corrected chi connectivity index (χ2v) is 2.94. The zero-order chi connectivity index (χ0) is 8.97. The molecular formula is C10H11NS. The number of hydrogen-bond donors (Lipinski definition) is 2. The number of rotatable bonds is 2. The number of benzene rings is 1. The minimum atomic E-state index is 0.631. The first-order chi connectivity index (χ1) is 5.76. The van der Waals surface area contributed by atoms with Gasteiger partial charge >= 0.3 is 0 Å². The first-order valence-corrected chi connectivity index (χ1v) is 4.32. The Labute approximate surface area is 78.4 Å². The summed E-state index contributed by atoms with van der Waals surface area (Å²) in [6.45, 7) is 0. The molecule has 1 aromatic carbocycles. The van der Waals surface area contributed by atoms with Crippen LogP contribution in [0.15, 0.2) is 18.2 Å². The highest BCUT2D eigenvalue weighted by atomic mass is 32.1. The van der Waals surface area contributed by atoms with Crippen molar-refractivity contribution < 1.29 is 0 Å². The largest absolute Gasteiger partial charge is 0.399 e. The van der Waals surface area contributed by atoms with Crippen molar-refractivity contribution in [2.45, 2.75) is 12.2 Å². The van der Waals surface area contributed by atoms with E-state index in [2.05, 4.69) is 18.5 Å². The molecule has 2 N–H and O–H groups in total. The van der Waals surface area contributed by atoms with Crippen molar-refractivity contribution in [2.75, 3.05) is 5.73 Å². The first kappa shape index (κ1) is 9.02. The summed E-state index contributed by atoms with van der Waals surface area (Å²) in [6.07, 6.45) is 5.82. The normalized spacial score (nSPS) is 9.33. The topological polar surface area (TPSA) is 26.0 Å². The van der Waals surface area contributed by atoms with Gasteiger partial charge < -0.3 is 5.73 Å². The zero-order valence-corrected chi connectivity index (χ0v) is 7.64. The molecule has 0 atom stereocenters. The van der Waals surface area contributed by atoms with Crippen LogP contribution in [0.4, 0.5) is 5.69 Å². The lowest BCUT2D eigenvalue weighted by atomic mass is 10.1. The third kappa shape index (κ3) is 2.21. The van der Waals surface area contributed by atoms with Gasteiger partial charge in [0.1, 0.15) is 0 Å². The van der Waals surface area contributed by atoms with E-state index in [-0.39, 0.29) is 0 Å². The maximum absolute atomic E-state index is 5.66. The lowest BCUT2D eigenvalue weighted by Gasteiger charge is -2.02. The quantitative estimate of drug-likeness (QED) is 0.402. The van der Waals surface area contributed by atoms with E-state index < -0.39 is 0 Å². The van der Waals surface area contributed by atoms with E-state index in [1.165, 1.54) is 0 Å². The summed E-state index contributed by atoms with van der Waals surface area (Å²) in [6, 6.07) is 5.84. The Balaban J connectivity index is 2.99. The molecule has 0 saturated carbocycles. The summed E-state index contributed by atoms with van der Waals surface area (Å²) < 4.78 is 0. The molecule has 0 radical (unpaired) electrons. The molecule has 1 rings (SSSR count). The van der Waals surface area contributed by atoms with Gasteiger partial charge in [-0.2, -0.15) is 12.6 Å². The van der Waals surface area contributed by atoms with Crippen LogP contribution in [-0.4, -0.2) is 0 Å². The van der Waals surface area contributed by atoms with Gasteiger partial charge in [-0.3, -0.25) is 0 Å². The van der Waals surface area contributed by atoms with Crippen LogP contribution in [0.3, 0.4) is 0 Å². The van der Waals surface area contributed by atoms with E-state index >= 15 is 0 Å². The Kier molecular flexibility index (Phi) is 3.07. The van der Waals surface area contributed by atoms with Gasteiger partial charge in [-0.1, -0.05) is 6.07 Å². The summed E-state index contributed by atoms with van der Waals surface area (Å²) in [5.41, 5.74) is 8.62. The predicted molar refractivity (Wildman–Crippen MR) is 56.1 cm³/mol. The molecule has 0 aliphatic carbocycles. The van der Waals surface area contributed by atoms with E-state index in [0.29, 0.717) is 12.2 Å². The standard InChI is InChI=1S/C10H11NS/c1-2-3-8-4-9(7-12)6-10(11)5-8/h1,4-6,12H,3,7,11H2. The molecule has 2 heteroatoms. The molecule has 0 spiro atoms. The Bertz CT molecular complexity index is 312. The van der Waals surface area contributed by atoms with Crippen LogP contribution in [-0.2, 0) is 12.2 Å². The van der Waals surface area contributed by atoms with Crippen LogP contribution in [0.25, 0.3) is 0 Å². The van der Waals surface area contributed by atoms with Crippen molar-refractivity contribution in [3.05, 3.63) is 29.3 Å². The molecule has 0 aliphatic rings. The fourth-order valence-electron chi connectivity index (χ4n) is 1.10. The zero-order valence-electron chi connectivity index (χ0n) is 6.75. The Morgan fingerprint density at radius 1 is 1.33 bits per heavy atom. The monoisotopic (exact) mass is 177 g/mol. The molecule has 1 aromatic rings. The maximum atomic E-state index is 5.66. The molecule has 12 heavy (non-hydrogen) atoms. The smallest absolute Gasteiger partial charge is 0.0338 e. The first-order valence-electron chi connectivity index (χ1n) is 3.69. The second kappa shape index (κ2) is 4.08. The molecule has 0 amide bonds. The lowest BCUT2D eigenvalue weighted by molar-refractivity contribution is 1.28. The highest BCUT2D eigenvalue weighted by Crippen LogP contribution is 2.13. The molecule has 1 nitrogen and oxygen atoms in total. The SMILES string of the molecule is C#CCc1cc(N)cc(CS)c1. The minimum absolute atomic E-state index is 0.631. The molecular weight excluding hydrogens is 166 g/mol. The number of terminal acetylenes is 1. The number of nitrogen functional groups attached to an aromatic ring is 1. The van der Waals surface area contributed by atoms with Crippen molar-refractivity contribution in [2.24, 2.45) is 0 Å². The fourth-order valence-corrected chi connectivity index (χ4v) is 1.29. The average Bonchev–Trinajstić information content (AvgIpc) is 2.04. The number of nitrogens with two attached hydrogens (primary N) is 1. The van der Waals surface area contributed by atoms with Crippen LogP contribution in [0.2, 0.25) is 0 Å². The van der Waals surface area contributed by atoms with Gasteiger partial charge in [0, 0.05) is 17.9 Å². The van der Waals surface area contributed by atoms with E-state index in [9.17, 15) is 0 Å². The van der Waals surface area contributed by atoms with Crippen LogP contribution in [0.5, 0.6) is 0 Å². The maximum Gasteiger partial charge on any atom is 0.0338 e. The van der Waals surface area contributed by atoms with Crippen molar-refractivity contribution in [1.82, 2.24) is 0 Å². The Morgan fingerprint density at radius 2 is 2.00 bits per heavy atom.